The number of nitrogens with one attached hydrogen (secondary N) is 2. The third-order valence-corrected chi connectivity index (χ3v) is 6.64. The van der Waals surface area contributed by atoms with Gasteiger partial charge in [0.1, 0.15) is 0 Å². The van der Waals surface area contributed by atoms with Crippen LogP contribution in [0.5, 0.6) is 0 Å². The summed E-state index contributed by atoms with van der Waals surface area (Å²) in [5.74, 6) is 0.156. The lowest BCUT2D eigenvalue weighted by Crippen LogP contribution is -3.16. The number of amides is 2. The molecule has 0 aromatic heterocycles. The van der Waals surface area contributed by atoms with Crippen molar-refractivity contribution in [2.75, 3.05) is 26.2 Å². The molecule has 0 bridgehead atoms. The molecule has 2 aliphatic heterocycles. The molecule has 0 aromatic rings. The predicted molar refractivity (Wildman–Crippen MR) is 98.3 cm³/mol. The van der Waals surface area contributed by atoms with Crippen LogP contribution in [0.1, 0.15) is 71.1 Å². The first-order chi connectivity index (χ1) is 12.2. The van der Waals surface area contributed by atoms with E-state index in [9.17, 15) is 9.59 Å². The Balaban J connectivity index is 1.36. The molecule has 0 radical (unpaired) electrons. The van der Waals surface area contributed by atoms with Crippen molar-refractivity contribution in [3.05, 3.63) is 0 Å². The molecule has 1 saturated carbocycles. The zero-order valence-corrected chi connectivity index (χ0v) is 15.9. The maximum absolute atomic E-state index is 12.4. The predicted octanol–water partition coefficient (Wildman–Crippen LogP) is 1.13. The van der Waals surface area contributed by atoms with Gasteiger partial charge in [-0.3, -0.25) is 9.59 Å². The van der Waals surface area contributed by atoms with E-state index in [1.165, 1.54) is 45.1 Å². The van der Waals surface area contributed by atoms with Gasteiger partial charge in [0, 0.05) is 32.0 Å². The largest absolute Gasteiger partial charge is 0.356 e. The summed E-state index contributed by atoms with van der Waals surface area (Å²) in [7, 11) is 0. The van der Waals surface area contributed by atoms with Crippen molar-refractivity contribution in [1.29, 1.82) is 0 Å². The van der Waals surface area contributed by atoms with Gasteiger partial charge in [0.25, 0.3) is 0 Å². The number of carbonyl (C=O) groups is 2. The number of hydrogen-bond acceptors (Lipinski definition) is 2. The summed E-state index contributed by atoms with van der Waals surface area (Å²) in [4.78, 5) is 28.4. The van der Waals surface area contributed by atoms with Gasteiger partial charge >= 0.3 is 0 Å². The Kier molecular flexibility index (Phi) is 6.74. The van der Waals surface area contributed by atoms with Crippen LogP contribution in [0.25, 0.3) is 0 Å². The van der Waals surface area contributed by atoms with Crippen molar-refractivity contribution in [3.63, 3.8) is 0 Å². The molecule has 2 amide bonds. The van der Waals surface area contributed by atoms with E-state index in [0.717, 1.165) is 38.4 Å². The molecule has 2 saturated heterocycles. The Morgan fingerprint density at radius 3 is 2.72 bits per heavy atom. The highest BCUT2D eigenvalue weighted by Crippen LogP contribution is 2.29. The van der Waals surface area contributed by atoms with Crippen LogP contribution in [0.4, 0.5) is 0 Å². The van der Waals surface area contributed by atoms with E-state index >= 15 is 0 Å². The minimum atomic E-state index is -0.126. The number of piperidine rings is 1. The Bertz CT molecular complexity index is 462. The van der Waals surface area contributed by atoms with Gasteiger partial charge < -0.3 is 15.1 Å². The van der Waals surface area contributed by atoms with Crippen LogP contribution < -0.4 is 10.2 Å². The van der Waals surface area contributed by atoms with E-state index in [0.29, 0.717) is 19.0 Å². The van der Waals surface area contributed by atoms with Gasteiger partial charge in [-0.15, -0.1) is 0 Å². The second-order valence-corrected chi connectivity index (χ2v) is 8.29. The Morgan fingerprint density at radius 2 is 1.96 bits per heavy atom. The van der Waals surface area contributed by atoms with Crippen LogP contribution in [-0.2, 0) is 9.59 Å². The average Bonchev–Trinajstić information content (AvgIpc) is 3.28. The van der Waals surface area contributed by atoms with E-state index < -0.39 is 0 Å². The summed E-state index contributed by atoms with van der Waals surface area (Å²) in [5.41, 5.74) is 0. The Labute approximate surface area is 152 Å². The van der Waals surface area contributed by atoms with Gasteiger partial charge in [-0.2, -0.15) is 0 Å². The van der Waals surface area contributed by atoms with Gasteiger partial charge in [-0.25, -0.2) is 0 Å². The maximum atomic E-state index is 12.4. The van der Waals surface area contributed by atoms with E-state index in [-0.39, 0.29) is 17.7 Å². The molecular formula is C20H36N3O2+. The molecule has 3 aliphatic rings. The minimum Gasteiger partial charge on any atom is -0.356 e. The Morgan fingerprint density at radius 1 is 1.20 bits per heavy atom. The first-order valence-electron chi connectivity index (χ1n) is 10.6. The van der Waals surface area contributed by atoms with Crippen LogP contribution in [0.15, 0.2) is 0 Å². The number of carbonyl (C=O) groups excluding carboxylic acids is 2. The van der Waals surface area contributed by atoms with Gasteiger partial charge in [0.2, 0.25) is 11.8 Å². The topological polar surface area (TPSA) is 53.9 Å². The molecule has 2 N–H and O–H groups in total. The molecular weight excluding hydrogens is 314 g/mol. The maximum Gasteiger partial charge on any atom is 0.225 e. The fraction of sp³-hybridized carbons (Fsp3) is 0.900. The highest BCUT2D eigenvalue weighted by molar-refractivity contribution is 5.89. The summed E-state index contributed by atoms with van der Waals surface area (Å²) in [6.07, 6.45) is 11.5. The monoisotopic (exact) mass is 350 g/mol. The minimum absolute atomic E-state index is 0.0922. The van der Waals surface area contributed by atoms with E-state index in [4.69, 9.17) is 0 Å². The second kappa shape index (κ2) is 9.02. The zero-order chi connectivity index (χ0) is 17.6. The van der Waals surface area contributed by atoms with Crippen LogP contribution in [0.2, 0.25) is 0 Å². The Hall–Kier alpha value is -1.10. The molecule has 0 spiro atoms. The van der Waals surface area contributed by atoms with Gasteiger partial charge in [0.05, 0.1) is 25.0 Å². The van der Waals surface area contributed by atoms with Crippen molar-refractivity contribution >= 4 is 11.8 Å². The van der Waals surface area contributed by atoms with Gasteiger partial charge in [0.15, 0.2) is 0 Å². The summed E-state index contributed by atoms with van der Waals surface area (Å²) < 4.78 is 0. The first-order valence-corrected chi connectivity index (χ1v) is 10.6. The molecule has 25 heavy (non-hydrogen) atoms. The van der Waals surface area contributed by atoms with Crippen molar-refractivity contribution in [1.82, 2.24) is 10.2 Å². The third-order valence-electron chi connectivity index (χ3n) is 6.64. The molecule has 0 aromatic carbocycles. The number of likely N-dealkylation sites (tertiary alicyclic amines) is 2. The number of hydrogen-bond donors (Lipinski definition) is 2. The molecule has 142 valence electrons. The molecule has 2 heterocycles. The molecule has 3 atom stereocenters. The van der Waals surface area contributed by atoms with E-state index in [1.807, 2.05) is 4.90 Å². The standard InChI is InChI=1S/C20H35N3O2/c1-2-17-8-5-6-12-22(17)13-7-11-21-20(25)16-14-19(24)23(15-16)18-9-3-4-10-18/h16-18H,2-15H2,1H3,(H,21,25)/p+1/t16-,17+/m1/s1. The normalized spacial score (nSPS) is 30.8. The van der Waals surface area contributed by atoms with Crippen LogP contribution in [0, 0.1) is 5.92 Å². The zero-order valence-electron chi connectivity index (χ0n) is 15.9. The quantitative estimate of drug-likeness (QED) is 0.677. The fourth-order valence-corrected chi connectivity index (χ4v) is 5.12. The van der Waals surface area contributed by atoms with Crippen LogP contribution >= 0.6 is 0 Å². The number of nitrogens with zero attached hydrogens (tertiary/aromatic N) is 1. The second-order valence-electron chi connectivity index (χ2n) is 8.29. The lowest BCUT2D eigenvalue weighted by atomic mass is 10.00. The fourth-order valence-electron chi connectivity index (χ4n) is 5.12. The number of rotatable bonds is 7. The van der Waals surface area contributed by atoms with Crippen molar-refractivity contribution in [2.24, 2.45) is 5.92 Å². The van der Waals surface area contributed by atoms with E-state index in [1.54, 1.807) is 4.90 Å². The third kappa shape index (κ3) is 4.75. The summed E-state index contributed by atoms with van der Waals surface area (Å²) in [6.45, 7) is 6.15. The molecule has 5 nitrogen and oxygen atoms in total. The smallest absolute Gasteiger partial charge is 0.225 e. The highest BCUT2D eigenvalue weighted by atomic mass is 16.2. The van der Waals surface area contributed by atoms with Crippen molar-refractivity contribution in [2.45, 2.75) is 83.2 Å². The molecule has 1 aliphatic carbocycles. The molecule has 3 fully saturated rings. The number of quaternary nitrogens is 1. The SMILES string of the molecule is CC[C@H]1CCCC[NH+]1CCCNC(=O)[C@@H]1CC(=O)N(C2CCCC2)C1. The average molecular weight is 351 g/mol. The van der Waals surface area contributed by atoms with Gasteiger partial charge in [-0.1, -0.05) is 19.8 Å². The molecule has 5 heteroatoms. The lowest BCUT2D eigenvalue weighted by molar-refractivity contribution is -0.930. The summed E-state index contributed by atoms with van der Waals surface area (Å²) in [6, 6.07) is 1.22. The lowest BCUT2D eigenvalue weighted by Gasteiger charge is -2.32. The summed E-state index contributed by atoms with van der Waals surface area (Å²) in [5, 5.41) is 3.10. The van der Waals surface area contributed by atoms with Crippen molar-refractivity contribution in [3.8, 4) is 0 Å². The van der Waals surface area contributed by atoms with Gasteiger partial charge in [-0.05, 0) is 38.5 Å². The van der Waals surface area contributed by atoms with Crippen molar-refractivity contribution < 1.29 is 14.5 Å². The van der Waals surface area contributed by atoms with E-state index in [2.05, 4.69) is 12.2 Å². The highest BCUT2D eigenvalue weighted by Gasteiger charge is 2.38. The van der Waals surface area contributed by atoms with Crippen LogP contribution in [0.3, 0.4) is 0 Å². The molecule has 3 rings (SSSR count). The summed E-state index contributed by atoms with van der Waals surface area (Å²) >= 11 is 0. The first kappa shape index (κ1) is 18.7. The van der Waals surface area contributed by atoms with Crippen LogP contribution in [-0.4, -0.2) is 55.0 Å². The molecule has 1 unspecified atom stereocenters.